The summed E-state index contributed by atoms with van der Waals surface area (Å²) in [6.45, 7) is 5.95. The van der Waals surface area contributed by atoms with Gasteiger partial charge in [0.1, 0.15) is 0 Å². The Morgan fingerprint density at radius 2 is 2.22 bits per heavy atom. The Labute approximate surface area is 143 Å². The van der Waals surface area contributed by atoms with E-state index in [1.807, 2.05) is 30.6 Å². The molecule has 1 aliphatic heterocycles. The topological polar surface area (TPSA) is 32.3 Å². The summed E-state index contributed by atoms with van der Waals surface area (Å²) in [7, 11) is 2.11. The van der Waals surface area contributed by atoms with Crippen LogP contribution in [0.25, 0.3) is 0 Å². The Hall–Kier alpha value is -1.52. The maximum atomic E-state index is 12.3. The number of hydrogen-bond acceptors (Lipinski definition) is 3. The molecule has 0 radical (unpaired) electrons. The molecule has 1 fully saturated rings. The predicted molar refractivity (Wildman–Crippen MR) is 100 cm³/mol. The fourth-order valence-electron chi connectivity index (χ4n) is 2.25. The highest BCUT2D eigenvalue weighted by atomic mass is 32.2. The number of thioether (sulfide) groups is 1. The van der Waals surface area contributed by atoms with Gasteiger partial charge in [0.05, 0.1) is 4.91 Å². The summed E-state index contributed by atoms with van der Waals surface area (Å²) in [6.07, 6.45) is 17.4. The lowest BCUT2D eigenvalue weighted by Gasteiger charge is -2.15. The zero-order valence-corrected chi connectivity index (χ0v) is 14.9. The summed E-state index contributed by atoms with van der Waals surface area (Å²) < 4.78 is 0. The lowest BCUT2D eigenvalue weighted by molar-refractivity contribution is -0.116. The number of carbonyl (C=O) groups is 1. The molecule has 2 rings (SSSR count). The quantitative estimate of drug-likeness (QED) is 0.802. The Bertz CT molecular complexity index is 568. The molecule has 124 valence electrons. The highest BCUT2D eigenvalue weighted by molar-refractivity contribution is 8.03. The molecule has 0 saturated heterocycles. The molecule has 0 aromatic carbocycles. The number of hydrogen-bond donors (Lipinski definition) is 1. The summed E-state index contributed by atoms with van der Waals surface area (Å²) in [6, 6.07) is 0.384. The van der Waals surface area contributed by atoms with Crippen LogP contribution in [-0.4, -0.2) is 43.2 Å². The standard InChI is InChI=1S/C19H26N2OS/c1-15-7-5-4-6-11-21(2)12-10-16(13-15)14-18(23-3)19(22)20-17-8-9-17/h4-7,13-14,17H,1,8-12H2,2-3H3,(H,20,22)/b6-4-,7-5-,16-13+,18-14-. The molecule has 4 heteroatoms. The largest absolute Gasteiger partial charge is 0.349 e. The van der Waals surface area contributed by atoms with Crippen LogP contribution in [0.4, 0.5) is 0 Å². The van der Waals surface area contributed by atoms with Crippen LogP contribution in [0.15, 0.2) is 59.1 Å². The molecule has 1 saturated carbocycles. The first-order chi connectivity index (χ1) is 11.1. The molecular weight excluding hydrogens is 304 g/mol. The first-order valence-electron chi connectivity index (χ1n) is 8.06. The average molecular weight is 330 g/mol. The predicted octanol–water partition coefficient (Wildman–Crippen LogP) is 3.44. The van der Waals surface area contributed by atoms with Gasteiger partial charge in [0, 0.05) is 19.1 Å². The average Bonchev–Trinajstić information content (AvgIpc) is 3.32. The van der Waals surface area contributed by atoms with Gasteiger partial charge < -0.3 is 10.2 Å². The van der Waals surface area contributed by atoms with Gasteiger partial charge in [-0.2, -0.15) is 0 Å². The van der Waals surface area contributed by atoms with Crippen LogP contribution in [0.5, 0.6) is 0 Å². The molecule has 3 nitrogen and oxygen atoms in total. The summed E-state index contributed by atoms with van der Waals surface area (Å²) in [5.41, 5.74) is 2.09. The van der Waals surface area contributed by atoms with Gasteiger partial charge in [0.25, 0.3) is 5.91 Å². The zero-order chi connectivity index (χ0) is 16.7. The summed E-state index contributed by atoms with van der Waals surface area (Å²) >= 11 is 1.50. The van der Waals surface area contributed by atoms with Gasteiger partial charge in [0.15, 0.2) is 0 Å². The lowest BCUT2D eigenvalue weighted by atomic mass is 10.1. The Morgan fingerprint density at radius 3 is 2.91 bits per heavy atom. The van der Waals surface area contributed by atoms with Gasteiger partial charge in [-0.15, -0.1) is 11.8 Å². The van der Waals surface area contributed by atoms with Crippen molar-refractivity contribution in [1.82, 2.24) is 10.2 Å². The SMILES string of the molecule is C=C1/C=C\C=C/CN(C)CCC(/C=C(\SC)C(=O)NC2CC2)=C\1. The van der Waals surface area contributed by atoms with Crippen molar-refractivity contribution in [3.8, 4) is 0 Å². The molecule has 1 amide bonds. The number of carbonyl (C=O) groups excluding carboxylic acids is 1. The van der Waals surface area contributed by atoms with Crippen LogP contribution in [0.3, 0.4) is 0 Å². The third kappa shape index (κ3) is 6.63. The van der Waals surface area contributed by atoms with Crippen LogP contribution in [0, 0.1) is 0 Å². The van der Waals surface area contributed by atoms with Crippen molar-refractivity contribution in [1.29, 1.82) is 0 Å². The monoisotopic (exact) mass is 330 g/mol. The second-order valence-corrected chi connectivity index (χ2v) is 6.90. The van der Waals surface area contributed by atoms with Gasteiger partial charge in [-0.1, -0.05) is 37.0 Å². The smallest absolute Gasteiger partial charge is 0.257 e. The van der Waals surface area contributed by atoms with Crippen molar-refractivity contribution in [2.45, 2.75) is 25.3 Å². The van der Waals surface area contributed by atoms with Gasteiger partial charge in [-0.25, -0.2) is 0 Å². The zero-order valence-electron chi connectivity index (χ0n) is 14.0. The molecule has 0 unspecified atom stereocenters. The van der Waals surface area contributed by atoms with Crippen molar-refractivity contribution in [2.24, 2.45) is 0 Å². The highest BCUT2D eigenvalue weighted by Crippen LogP contribution is 2.23. The van der Waals surface area contributed by atoms with E-state index in [0.29, 0.717) is 6.04 Å². The second kappa shape index (κ2) is 8.94. The molecule has 1 N–H and O–H groups in total. The van der Waals surface area contributed by atoms with Crippen LogP contribution >= 0.6 is 11.8 Å². The molecule has 0 atom stereocenters. The third-order valence-corrected chi connectivity index (χ3v) is 4.54. The normalized spacial score (nSPS) is 25.9. The molecule has 0 bridgehead atoms. The highest BCUT2D eigenvalue weighted by Gasteiger charge is 2.24. The van der Waals surface area contributed by atoms with Crippen molar-refractivity contribution in [3.63, 3.8) is 0 Å². The van der Waals surface area contributed by atoms with E-state index in [2.05, 4.69) is 36.0 Å². The van der Waals surface area contributed by atoms with Crippen LogP contribution < -0.4 is 5.32 Å². The van der Waals surface area contributed by atoms with Gasteiger partial charge in [-0.05, 0) is 49.8 Å². The molecule has 23 heavy (non-hydrogen) atoms. The van der Waals surface area contributed by atoms with Crippen LogP contribution in [-0.2, 0) is 4.79 Å². The van der Waals surface area contributed by atoms with E-state index in [1.165, 1.54) is 11.8 Å². The number of amides is 1. The van der Waals surface area contributed by atoms with Crippen molar-refractivity contribution in [2.75, 3.05) is 26.4 Å². The Balaban J connectivity index is 2.16. The van der Waals surface area contributed by atoms with Crippen molar-refractivity contribution < 1.29 is 4.79 Å². The minimum absolute atomic E-state index is 0.0476. The maximum absolute atomic E-state index is 12.3. The van der Waals surface area contributed by atoms with E-state index in [4.69, 9.17) is 0 Å². The van der Waals surface area contributed by atoms with E-state index in [9.17, 15) is 4.79 Å². The van der Waals surface area contributed by atoms with E-state index >= 15 is 0 Å². The summed E-state index contributed by atoms with van der Waals surface area (Å²) in [5, 5.41) is 3.06. The third-order valence-electron chi connectivity index (χ3n) is 3.80. The number of likely N-dealkylation sites (N-methyl/N-ethyl adjacent to an activating group) is 1. The van der Waals surface area contributed by atoms with E-state index in [-0.39, 0.29) is 5.91 Å². The first-order valence-corrected chi connectivity index (χ1v) is 9.28. The molecule has 0 spiro atoms. The molecule has 0 aromatic rings. The van der Waals surface area contributed by atoms with Crippen molar-refractivity contribution >= 4 is 17.7 Å². The van der Waals surface area contributed by atoms with Crippen LogP contribution in [0.1, 0.15) is 19.3 Å². The lowest BCUT2D eigenvalue weighted by Crippen LogP contribution is -2.26. The second-order valence-electron chi connectivity index (χ2n) is 6.05. The first kappa shape index (κ1) is 17.8. The van der Waals surface area contributed by atoms with Crippen molar-refractivity contribution in [3.05, 3.63) is 59.1 Å². The van der Waals surface area contributed by atoms with Gasteiger partial charge in [0.2, 0.25) is 0 Å². The number of allylic oxidation sites excluding steroid dienone is 6. The summed E-state index contributed by atoms with van der Waals surface area (Å²) in [5.74, 6) is 0.0476. The Kier molecular flexibility index (Phi) is 6.93. The molecule has 1 heterocycles. The van der Waals surface area contributed by atoms with Gasteiger partial charge in [-0.3, -0.25) is 4.79 Å². The molecule has 1 aliphatic carbocycles. The van der Waals surface area contributed by atoms with Crippen LogP contribution in [0.2, 0.25) is 0 Å². The number of nitrogens with zero attached hydrogens (tertiary/aromatic N) is 1. The Morgan fingerprint density at radius 1 is 1.43 bits per heavy atom. The molecular formula is C19H26N2OS. The number of rotatable bonds is 4. The van der Waals surface area contributed by atoms with E-state index in [1.54, 1.807) is 0 Å². The van der Waals surface area contributed by atoms with E-state index in [0.717, 1.165) is 48.4 Å². The minimum atomic E-state index is 0.0476. The minimum Gasteiger partial charge on any atom is -0.349 e. The maximum Gasteiger partial charge on any atom is 0.257 e. The fraction of sp³-hybridized carbons (Fsp3) is 0.421. The molecule has 0 aromatic heterocycles. The summed E-state index contributed by atoms with van der Waals surface area (Å²) in [4.78, 5) is 15.3. The van der Waals surface area contributed by atoms with E-state index < -0.39 is 0 Å². The van der Waals surface area contributed by atoms with Gasteiger partial charge >= 0.3 is 0 Å². The molecule has 2 aliphatic rings. The number of nitrogens with one attached hydrogen (secondary N) is 1. The fourth-order valence-corrected chi connectivity index (χ4v) is 2.77.